The molecule has 2 rings (SSSR count). The van der Waals surface area contributed by atoms with Crippen LogP contribution < -0.4 is 15.4 Å². The monoisotopic (exact) mass is 383 g/mol. The SMILES string of the molecule is COc1ccc(C(C)NC(=O)/C(C#N)=C\NCCc2cccc(Cl)c2)cc1. The summed E-state index contributed by atoms with van der Waals surface area (Å²) in [5.41, 5.74) is 2.04. The Balaban J connectivity index is 1.88. The summed E-state index contributed by atoms with van der Waals surface area (Å²) in [5.74, 6) is 0.329. The highest BCUT2D eigenvalue weighted by molar-refractivity contribution is 6.30. The fourth-order valence-corrected chi connectivity index (χ4v) is 2.70. The molecule has 0 saturated carbocycles. The molecule has 0 saturated heterocycles. The van der Waals surface area contributed by atoms with E-state index in [1.165, 1.54) is 6.20 Å². The summed E-state index contributed by atoms with van der Waals surface area (Å²) >= 11 is 5.95. The molecule has 0 aliphatic carbocycles. The molecule has 27 heavy (non-hydrogen) atoms. The molecule has 1 unspecified atom stereocenters. The van der Waals surface area contributed by atoms with E-state index in [9.17, 15) is 10.1 Å². The number of carbonyl (C=O) groups excluding carboxylic acids is 1. The van der Waals surface area contributed by atoms with Crippen molar-refractivity contribution in [3.05, 3.63) is 76.5 Å². The Morgan fingerprint density at radius 1 is 1.30 bits per heavy atom. The van der Waals surface area contributed by atoms with Crippen molar-refractivity contribution in [2.75, 3.05) is 13.7 Å². The van der Waals surface area contributed by atoms with Gasteiger partial charge in [0, 0.05) is 17.8 Å². The lowest BCUT2D eigenvalue weighted by molar-refractivity contribution is -0.117. The number of nitrogens with one attached hydrogen (secondary N) is 2. The molecule has 6 heteroatoms. The normalized spacial score (nSPS) is 12.0. The van der Waals surface area contributed by atoms with Gasteiger partial charge < -0.3 is 15.4 Å². The molecular weight excluding hydrogens is 362 g/mol. The maximum Gasteiger partial charge on any atom is 0.263 e. The molecule has 2 N–H and O–H groups in total. The molecule has 0 aliphatic heterocycles. The molecule has 0 fully saturated rings. The maximum absolute atomic E-state index is 12.3. The van der Waals surface area contributed by atoms with Crippen LogP contribution in [-0.4, -0.2) is 19.6 Å². The van der Waals surface area contributed by atoms with E-state index >= 15 is 0 Å². The number of ether oxygens (including phenoxy) is 1. The molecule has 0 aliphatic rings. The third kappa shape index (κ3) is 6.36. The lowest BCUT2D eigenvalue weighted by Crippen LogP contribution is -2.28. The zero-order valence-electron chi connectivity index (χ0n) is 15.3. The lowest BCUT2D eigenvalue weighted by Gasteiger charge is -2.14. The first-order valence-electron chi connectivity index (χ1n) is 8.56. The number of halogens is 1. The summed E-state index contributed by atoms with van der Waals surface area (Å²) in [6.07, 6.45) is 2.18. The summed E-state index contributed by atoms with van der Waals surface area (Å²) in [6, 6.07) is 16.7. The van der Waals surface area contributed by atoms with Gasteiger partial charge in [-0.15, -0.1) is 0 Å². The van der Waals surface area contributed by atoms with Gasteiger partial charge in [0.15, 0.2) is 0 Å². The van der Waals surface area contributed by atoms with Gasteiger partial charge in [0.2, 0.25) is 0 Å². The fourth-order valence-electron chi connectivity index (χ4n) is 2.48. The Kier molecular flexibility index (Phi) is 7.72. The number of nitrogens with zero attached hydrogens (tertiary/aromatic N) is 1. The number of rotatable bonds is 8. The van der Waals surface area contributed by atoms with Gasteiger partial charge >= 0.3 is 0 Å². The average molecular weight is 384 g/mol. The fraction of sp³-hybridized carbons (Fsp3) is 0.238. The number of methoxy groups -OCH3 is 1. The van der Waals surface area contributed by atoms with Gasteiger partial charge in [-0.3, -0.25) is 4.79 Å². The molecule has 140 valence electrons. The van der Waals surface area contributed by atoms with Crippen molar-refractivity contribution in [2.45, 2.75) is 19.4 Å². The number of carbonyl (C=O) groups is 1. The first-order valence-corrected chi connectivity index (χ1v) is 8.94. The molecular formula is C21H22ClN3O2. The highest BCUT2D eigenvalue weighted by atomic mass is 35.5. The highest BCUT2D eigenvalue weighted by Crippen LogP contribution is 2.17. The third-order valence-electron chi connectivity index (χ3n) is 4.02. The van der Waals surface area contributed by atoms with Gasteiger partial charge in [0.25, 0.3) is 5.91 Å². The number of hydrogen-bond donors (Lipinski definition) is 2. The average Bonchev–Trinajstić information content (AvgIpc) is 2.68. The van der Waals surface area contributed by atoms with Crippen LogP contribution in [0.4, 0.5) is 0 Å². The summed E-state index contributed by atoms with van der Waals surface area (Å²) in [6.45, 7) is 2.45. The molecule has 1 atom stereocenters. The van der Waals surface area contributed by atoms with Gasteiger partial charge in [-0.25, -0.2) is 0 Å². The van der Waals surface area contributed by atoms with Gasteiger partial charge in [-0.05, 0) is 48.7 Å². The largest absolute Gasteiger partial charge is 0.497 e. The minimum Gasteiger partial charge on any atom is -0.497 e. The van der Waals surface area contributed by atoms with Crippen LogP contribution in [0, 0.1) is 11.3 Å². The quantitative estimate of drug-likeness (QED) is 0.413. The summed E-state index contributed by atoms with van der Waals surface area (Å²) in [4.78, 5) is 12.3. The van der Waals surface area contributed by atoms with Crippen molar-refractivity contribution < 1.29 is 9.53 Å². The molecule has 0 aromatic heterocycles. The topological polar surface area (TPSA) is 74.1 Å². The van der Waals surface area contributed by atoms with E-state index in [0.717, 1.165) is 23.3 Å². The molecule has 0 bridgehead atoms. The smallest absolute Gasteiger partial charge is 0.263 e. The van der Waals surface area contributed by atoms with E-state index < -0.39 is 5.91 Å². The van der Waals surface area contributed by atoms with Crippen molar-refractivity contribution >= 4 is 17.5 Å². The third-order valence-corrected chi connectivity index (χ3v) is 4.26. The Labute approximate surface area is 164 Å². The van der Waals surface area contributed by atoms with Crippen LogP contribution in [0.2, 0.25) is 5.02 Å². The van der Waals surface area contributed by atoms with E-state index in [4.69, 9.17) is 16.3 Å². The molecule has 2 aromatic carbocycles. The number of amides is 1. The molecule has 0 spiro atoms. The predicted octanol–water partition coefficient (Wildman–Crippen LogP) is 3.77. The van der Waals surface area contributed by atoms with Crippen molar-refractivity contribution in [1.29, 1.82) is 5.26 Å². The van der Waals surface area contributed by atoms with Crippen LogP contribution in [0.25, 0.3) is 0 Å². The molecule has 5 nitrogen and oxygen atoms in total. The molecule has 0 radical (unpaired) electrons. The second kappa shape index (κ2) is 10.2. The van der Waals surface area contributed by atoms with Gasteiger partial charge in [-0.2, -0.15) is 5.26 Å². The Morgan fingerprint density at radius 3 is 2.67 bits per heavy atom. The maximum atomic E-state index is 12.3. The number of benzene rings is 2. The van der Waals surface area contributed by atoms with Crippen LogP contribution in [-0.2, 0) is 11.2 Å². The second-order valence-electron chi connectivity index (χ2n) is 5.97. The van der Waals surface area contributed by atoms with Crippen LogP contribution in [0.1, 0.15) is 24.1 Å². The summed E-state index contributed by atoms with van der Waals surface area (Å²) in [7, 11) is 1.60. The zero-order chi connectivity index (χ0) is 19.6. The zero-order valence-corrected chi connectivity index (χ0v) is 16.1. The van der Waals surface area contributed by atoms with Gasteiger partial charge in [0.05, 0.1) is 13.2 Å². The Bertz CT molecular complexity index is 841. The highest BCUT2D eigenvalue weighted by Gasteiger charge is 2.13. The lowest BCUT2D eigenvalue weighted by atomic mass is 10.1. The number of hydrogen-bond acceptors (Lipinski definition) is 4. The second-order valence-corrected chi connectivity index (χ2v) is 6.41. The van der Waals surface area contributed by atoms with Gasteiger partial charge in [-0.1, -0.05) is 35.9 Å². The van der Waals surface area contributed by atoms with Crippen LogP contribution in [0.3, 0.4) is 0 Å². The van der Waals surface area contributed by atoms with E-state index in [1.807, 2.05) is 61.5 Å². The molecule has 0 heterocycles. The molecule has 1 amide bonds. The predicted molar refractivity (Wildman–Crippen MR) is 106 cm³/mol. The van der Waals surface area contributed by atoms with Crippen molar-refractivity contribution in [3.63, 3.8) is 0 Å². The van der Waals surface area contributed by atoms with Crippen molar-refractivity contribution in [2.24, 2.45) is 0 Å². The van der Waals surface area contributed by atoms with E-state index in [0.29, 0.717) is 11.6 Å². The summed E-state index contributed by atoms with van der Waals surface area (Å²) < 4.78 is 5.12. The van der Waals surface area contributed by atoms with Crippen LogP contribution >= 0.6 is 11.6 Å². The first kappa shape index (κ1) is 20.3. The van der Waals surface area contributed by atoms with E-state index in [1.54, 1.807) is 7.11 Å². The van der Waals surface area contributed by atoms with Crippen molar-refractivity contribution in [3.8, 4) is 11.8 Å². The Hall–Kier alpha value is -2.97. The van der Waals surface area contributed by atoms with Gasteiger partial charge in [0.1, 0.15) is 17.4 Å². The first-order chi connectivity index (χ1) is 13.0. The summed E-state index contributed by atoms with van der Waals surface area (Å²) in [5, 5.41) is 15.8. The minimum absolute atomic E-state index is 0.0291. The van der Waals surface area contributed by atoms with E-state index in [-0.39, 0.29) is 11.6 Å². The molecule has 2 aromatic rings. The standard InChI is InChI=1S/C21H22ClN3O2/c1-15(17-6-8-20(27-2)9-7-17)25-21(26)18(13-23)14-24-11-10-16-4-3-5-19(22)12-16/h3-9,12,14-15,24H,10-11H2,1-2H3,(H,25,26)/b18-14-. The van der Waals surface area contributed by atoms with Crippen LogP contribution in [0.5, 0.6) is 5.75 Å². The Morgan fingerprint density at radius 2 is 2.04 bits per heavy atom. The van der Waals surface area contributed by atoms with Crippen molar-refractivity contribution in [1.82, 2.24) is 10.6 Å². The minimum atomic E-state index is -0.420. The van der Waals surface area contributed by atoms with Crippen LogP contribution in [0.15, 0.2) is 60.3 Å². The number of nitriles is 1. The van der Waals surface area contributed by atoms with E-state index in [2.05, 4.69) is 10.6 Å².